The molecule has 1 aliphatic heterocycles. The molecule has 0 spiro atoms. The zero-order valence-corrected chi connectivity index (χ0v) is 11.3. The van der Waals surface area contributed by atoms with Crippen LogP contribution in [0, 0.1) is 0 Å². The summed E-state index contributed by atoms with van der Waals surface area (Å²) in [7, 11) is 1.63. The smallest absolute Gasteiger partial charge is 0.143 e. The summed E-state index contributed by atoms with van der Waals surface area (Å²) in [6.45, 7) is 5.06. The molecule has 1 atom stereocenters. The van der Waals surface area contributed by atoms with Crippen LogP contribution < -0.4 is 15.8 Å². The van der Waals surface area contributed by atoms with Crippen LogP contribution in [0.2, 0.25) is 0 Å². The lowest BCUT2D eigenvalue weighted by Gasteiger charge is -2.36. The molecule has 0 aromatic heterocycles. The predicted octanol–water partition coefficient (Wildman–Crippen LogP) is 2.65. The second-order valence-corrected chi connectivity index (χ2v) is 5.40. The molecule has 0 aliphatic carbocycles. The van der Waals surface area contributed by atoms with Crippen LogP contribution in [0.4, 0.5) is 11.4 Å². The summed E-state index contributed by atoms with van der Waals surface area (Å²) in [6.07, 6.45) is 2.02. The van der Waals surface area contributed by atoms with Crippen LogP contribution >= 0.6 is 0 Å². The zero-order chi connectivity index (χ0) is 13.2. The Hall–Kier alpha value is -1.42. The summed E-state index contributed by atoms with van der Waals surface area (Å²) in [5.41, 5.74) is 7.46. The van der Waals surface area contributed by atoms with Gasteiger partial charge in [0, 0.05) is 24.4 Å². The number of anilines is 2. The Labute approximate surface area is 108 Å². The Morgan fingerprint density at radius 3 is 2.89 bits per heavy atom. The summed E-state index contributed by atoms with van der Waals surface area (Å²) in [5.74, 6) is 0.714. The van der Waals surface area contributed by atoms with Crippen molar-refractivity contribution in [2.45, 2.75) is 38.3 Å². The average Bonchev–Trinajstić information content (AvgIpc) is 2.30. The third-order valence-corrected chi connectivity index (χ3v) is 3.30. The van der Waals surface area contributed by atoms with Gasteiger partial charge in [0.25, 0.3) is 0 Å². The van der Waals surface area contributed by atoms with Crippen molar-refractivity contribution in [2.75, 3.05) is 24.8 Å². The summed E-state index contributed by atoms with van der Waals surface area (Å²) >= 11 is 0. The largest absolute Gasteiger partial charge is 0.495 e. The van der Waals surface area contributed by atoms with Crippen molar-refractivity contribution in [3.63, 3.8) is 0 Å². The van der Waals surface area contributed by atoms with E-state index in [0.717, 1.165) is 25.1 Å². The van der Waals surface area contributed by atoms with Crippen molar-refractivity contribution in [1.82, 2.24) is 0 Å². The molecule has 1 fully saturated rings. The molecule has 4 heteroatoms. The molecule has 1 saturated heterocycles. The minimum atomic E-state index is -0.0478. The number of hydrogen-bond acceptors (Lipinski definition) is 4. The molecule has 3 N–H and O–H groups in total. The highest BCUT2D eigenvalue weighted by Gasteiger charge is 2.28. The number of nitrogens with one attached hydrogen (secondary N) is 1. The predicted molar refractivity (Wildman–Crippen MR) is 74.1 cm³/mol. The van der Waals surface area contributed by atoms with Gasteiger partial charge in [-0.1, -0.05) is 0 Å². The molecule has 18 heavy (non-hydrogen) atoms. The van der Waals surface area contributed by atoms with Crippen LogP contribution in [0.1, 0.15) is 26.7 Å². The quantitative estimate of drug-likeness (QED) is 0.810. The van der Waals surface area contributed by atoms with Gasteiger partial charge in [0.15, 0.2) is 0 Å². The van der Waals surface area contributed by atoms with Crippen molar-refractivity contribution in [1.29, 1.82) is 0 Å². The van der Waals surface area contributed by atoms with E-state index in [1.165, 1.54) is 0 Å². The van der Waals surface area contributed by atoms with Gasteiger partial charge in [-0.2, -0.15) is 0 Å². The van der Waals surface area contributed by atoms with E-state index in [4.69, 9.17) is 15.2 Å². The number of ether oxygens (including phenoxy) is 2. The molecule has 0 radical (unpaired) electrons. The first-order valence-electron chi connectivity index (χ1n) is 6.34. The molecule has 0 amide bonds. The van der Waals surface area contributed by atoms with E-state index >= 15 is 0 Å². The topological polar surface area (TPSA) is 56.5 Å². The Balaban J connectivity index is 2.05. The maximum absolute atomic E-state index is 5.80. The van der Waals surface area contributed by atoms with Gasteiger partial charge in [-0.25, -0.2) is 0 Å². The van der Waals surface area contributed by atoms with E-state index in [1.807, 2.05) is 18.2 Å². The molecule has 1 unspecified atom stereocenters. The van der Waals surface area contributed by atoms with Gasteiger partial charge in [-0.05, 0) is 38.8 Å². The first-order valence-corrected chi connectivity index (χ1v) is 6.34. The fourth-order valence-corrected chi connectivity index (χ4v) is 2.39. The third kappa shape index (κ3) is 3.07. The highest BCUT2D eigenvalue weighted by Crippen LogP contribution is 2.29. The van der Waals surface area contributed by atoms with E-state index in [0.29, 0.717) is 17.5 Å². The highest BCUT2D eigenvalue weighted by atomic mass is 16.5. The summed E-state index contributed by atoms with van der Waals surface area (Å²) < 4.78 is 10.9. The fourth-order valence-electron chi connectivity index (χ4n) is 2.39. The molecule has 4 nitrogen and oxygen atoms in total. The number of benzene rings is 1. The lowest BCUT2D eigenvalue weighted by atomic mass is 9.94. The van der Waals surface area contributed by atoms with Gasteiger partial charge in [-0.15, -0.1) is 0 Å². The Morgan fingerprint density at radius 2 is 2.22 bits per heavy atom. The first-order chi connectivity index (χ1) is 8.50. The van der Waals surface area contributed by atoms with E-state index in [9.17, 15) is 0 Å². The van der Waals surface area contributed by atoms with Gasteiger partial charge in [0.2, 0.25) is 0 Å². The number of rotatable bonds is 3. The number of hydrogen-bond donors (Lipinski definition) is 2. The third-order valence-electron chi connectivity index (χ3n) is 3.30. The molecule has 1 aromatic rings. The second-order valence-electron chi connectivity index (χ2n) is 5.40. The summed E-state index contributed by atoms with van der Waals surface area (Å²) in [6, 6.07) is 6.23. The Kier molecular flexibility index (Phi) is 3.66. The van der Waals surface area contributed by atoms with Gasteiger partial charge in [0.1, 0.15) is 5.75 Å². The highest BCUT2D eigenvalue weighted by molar-refractivity contribution is 5.61. The molecular weight excluding hydrogens is 228 g/mol. The van der Waals surface area contributed by atoms with Crippen molar-refractivity contribution >= 4 is 11.4 Å². The normalized spacial score (nSPS) is 22.5. The number of nitrogens with two attached hydrogens (primary N) is 1. The molecule has 2 rings (SSSR count). The fraction of sp³-hybridized carbons (Fsp3) is 0.571. The maximum atomic E-state index is 5.80. The van der Waals surface area contributed by atoms with Crippen molar-refractivity contribution in [2.24, 2.45) is 0 Å². The van der Waals surface area contributed by atoms with E-state index < -0.39 is 0 Å². The summed E-state index contributed by atoms with van der Waals surface area (Å²) in [4.78, 5) is 0. The molecular formula is C14H22N2O2. The van der Waals surface area contributed by atoms with Crippen LogP contribution in [0.5, 0.6) is 5.75 Å². The van der Waals surface area contributed by atoms with E-state index in [1.54, 1.807) is 7.11 Å². The van der Waals surface area contributed by atoms with Crippen LogP contribution in [0.25, 0.3) is 0 Å². The molecule has 1 aromatic carbocycles. The molecule has 1 aliphatic rings. The standard InChI is InChI=1S/C14H22N2O2/c1-14(2)9-11(6-7-18-14)16-10-4-5-12(15)13(8-10)17-3/h4-5,8,11,16H,6-7,9,15H2,1-3H3. The van der Waals surface area contributed by atoms with Crippen LogP contribution in [-0.4, -0.2) is 25.4 Å². The SMILES string of the molecule is COc1cc(NC2CCOC(C)(C)C2)ccc1N. The monoisotopic (exact) mass is 250 g/mol. The lowest BCUT2D eigenvalue weighted by Crippen LogP contribution is -2.40. The first kappa shape index (κ1) is 13.0. The van der Waals surface area contributed by atoms with Crippen LogP contribution in [0.3, 0.4) is 0 Å². The second kappa shape index (κ2) is 5.06. The minimum Gasteiger partial charge on any atom is -0.495 e. The van der Waals surface area contributed by atoms with Crippen molar-refractivity contribution in [3.8, 4) is 5.75 Å². The number of nitrogen functional groups attached to an aromatic ring is 1. The van der Waals surface area contributed by atoms with E-state index in [2.05, 4.69) is 19.2 Å². The minimum absolute atomic E-state index is 0.0478. The molecule has 100 valence electrons. The van der Waals surface area contributed by atoms with Crippen molar-refractivity contribution in [3.05, 3.63) is 18.2 Å². The average molecular weight is 250 g/mol. The Morgan fingerprint density at radius 1 is 1.44 bits per heavy atom. The molecule has 0 bridgehead atoms. The molecule has 1 heterocycles. The van der Waals surface area contributed by atoms with E-state index in [-0.39, 0.29) is 5.60 Å². The van der Waals surface area contributed by atoms with Gasteiger partial charge >= 0.3 is 0 Å². The van der Waals surface area contributed by atoms with Crippen LogP contribution in [-0.2, 0) is 4.74 Å². The maximum Gasteiger partial charge on any atom is 0.143 e. The van der Waals surface area contributed by atoms with Crippen molar-refractivity contribution < 1.29 is 9.47 Å². The van der Waals surface area contributed by atoms with Gasteiger partial charge in [-0.3, -0.25) is 0 Å². The van der Waals surface area contributed by atoms with Gasteiger partial charge < -0.3 is 20.5 Å². The molecule has 0 saturated carbocycles. The Bertz CT molecular complexity index is 418. The van der Waals surface area contributed by atoms with Gasteiger partial charge in [0.05, 0.1) is 18.4 Å². The number of methoxy groups -OCH3 is 1. The lowest BCUT2D eigenvalue weighted by molar-refractivity contribution is -0.0553. The van der Waals surface area contributed by atoms with Crippen LogP contribution in [0.15, 0.2) is 18.2 Å². The zero-order valence-electron chi connectivity index (χ0n) is 11.3. The summed E-state index contributed by atoms with van der Waals surface area (Å²) in [5, 5.41) is 3.52.